The molecule has 0 spiro atoms. The molecule has 0 aromatic rings. The lowest BCUT2D eigenvalue weighted by molar-refractivity contribution is -0.132. The molecule has 0 aromatic heterocycles. The number of hydrogen-bond donors (Lipinski definition) is 2. The molecule has 1 atom stereocenters. The maximum atomic E-state index is 12.2. The van der Waals surface area contributed by atoms with E-state index in [1.807, 2.05) is 4.90 Å². The van der Waals surface area contributed by atoms with Crippen LogP contribution in [0.1, 0.15) is 58.3 Å². The summed E-state index contributed by atoms with van der Waals surface area (Å²) in [7, 11) is 0. The number of carbonyl (C=O) groups is 2. The summed E-state index contributed by atoms with van der Waals surface area (Å²) in [6.07, 6.45) is 7.27. The van der Waals surface area contributed by atoms with Crippen LogP contribution in [-0.2, 0) is 9.59 Å². The van der Waals surface area contributed by atoms with E-state index >= 15 is 0 Å². The first-order chi connectivity index (χ1) is 9.65. The van der Waals surface area contributed by atoms with Crippen molar-refractivity contribution in [2.24, 2.45) is 0 Å². The Morgan fingerprint density at radius 1 is 1.25 bits per heavy atom. The molecule has 2 amide bonds. The van der Waals surface area contributed by atoms with Gasteiger partial charge in [0.05, 0.1) is 0 Å². The van der Waals surface area contributed by atoms with Gasteiger partial charge in [-0.1, -0.05) is 6.42 Å². The van der Waals surface area contributed by atoms with E-state index < -0.39 is 0 Å². The first kappa shape index (κ1) is 17.0. The average molecular weight is 284 g/mol. The summed E-state index contributed by atoms with van der Waals surface area (Å²) in [5.74, 6) is 0.259. The summed E-state index contributed by atoms with van der Waals surface area (Å²) in [5, 5.41) is 11.6. The molecule has 116 valence electrons. The standard InChI is InChI=1S/C15H28N2O3/c1-13(19)16-10-4-2-3-9-15(20)17-11-5-7-14(17)8-6-12-18/h14,18H,2-12H2,1H3,(H,16,19). The highest BCUT2D eigenvalue weighted by atomic mass is 16.3. The Labute approximate surface area is 121 Å². The molecule has 5 heteroatoms. The van der Waals surface area contributed by atoms with Crippen molar-refractivity contribution >= 4 is 11.8 Å². The molecule has 1 fully saturated rings. The SMILES string of the molecule is CC(=O)NCCCCCC(=O)N1CCCC1CCCO. The lowest BCUT2D eigenvalue weighted by Gasteiger charge is -2.24. The monoisotopic (exact) mass is 284 g/mol. The van der Waals surface area contributed by atoms with Crippen LogP contribution in [-0.4, -0.2) is 47.6 Å². The Hall–Kier alpha value is -1.10. The highest BCUT2D eigenvalue weighted by molar-refractivity contribution is 5.76. The zero-order valence-electron chi connectivity index (χ0n) is 12.6. The molecule has 0 radical (unpaired) electrons. The van der Waals surface area contributed by atoms with Gasteiger partial charge in [0.15, 0.2) is 0 Å². The quantitative estimate of drug-likeness (QED) is 0.630. The Morgan fingerprint density at radius 2 is 2.05 bits per heavy atom. The first-order valence-corrected chi connectivity index (χ1v) is 7.80. The van der Waals surface area contributed by atoms with Crippen molar-refractivity contribution in [2.75, 3.05) is 19.7 Å². The number of hydrogen-bond acceptors (Lipinski definition) is 3. The summed E-state index contributed by atoms with van der Waals surface area (Å²) >= 11 is 0. The van der Waals surface area contributed by atoms with Crippen molar-refractivity contribution in [3.8, 4) is 0 Å². The van der Waals surface area contributed by atoms with Gasteiger partial charge >= 0.3 is 0 Å². The fraction of sp³-hybridized carbons (Fsp3) is 0.867. The molecular weight excluding hydrogens is 256 g/mol. The molecule has 0 bridgehead atoms. The van der Waals surface area contributed by atoms with Crippen molar-refractivity contribution in [3.05, 3.63) is 0 Å². The number of nitrogens with one attached hydrogen (secondary N) is 1. The summed E-state index contributed by atoms with van der Waals surface area (Å²) < 4.78 is 0. The van der Waals surface area contributed by atoms with Gasteiger partial charge in [0.2, 0.25) is 11.8 Å². The van der Waals surface area contributed by atoms with Crippen LogP contribution in [0, 0.1) is 0 Å². The van der Waals surface area contributed by atoms with Crippen LogP contribution in [0.4, 0.5) is 0 Å². The van der Waals surface area contributed by atoms with Crippen molar-refractivity contribution < 1.29 is 14.7 Å². The van der Waals surface area contributed by atoms with Crippen molar-refractivity contribution in [1.29, 1.82) is 0 Å². The molecule has 0 aliphatic carbocycles. The average Bonchev–Trinajstić information content (AvgIpc) is 2.88. The van der Waals surface area contributed by atoms with Crippen LogP contribution in [0.2, 0.25) is 0 Å². The van der Waals surface area contributed by atoms with Gasteiger partial charge in [0.25, 0.3) is 0 Å². The molecule has 1 aliphatic rings. The summed E-state index contributed by atoms with van der Waals surface area (Å²) in [5.41, 5.74) is 0. The number of aliphatic hydroxyl groups excluding tert-OH is 1. The van der Waals surface area contributed by atoms with Crippen molar-refractivity contribution in [3.63, 3.8) is 0 Å². The molecule has 1 aliphatic heterocycles. The molecule has 1 unspecified atom stereocenters. The number of aliphatic hydroxyl groups is 1. The van der Waals surface area contributed by atoms with Crippen molar-refractivity contribution in [2.45, 2.75) is 64.3 Å². The number of nitrogens with zero attached hydrogens (tertiary/aromatic N) is 1. The van der Waals surface area contributed by atoms with Crippen LogP contribution in [0.15, 0.2) is 0 Å². The van der Waals surface area contributed by atoms with Crippen LogP contribution >= 0.6 is 0 Å². The normalized spacial score (nSPS) is 18.3. The smallest absolute Gasteiger partial charge is 0.222 e. The van der Waals surface area contributed by atoms with Gasteiger partial charge in [-0.2, -0.15) is 0 Å². The minimum atomic E-state index is 0.00451. The highest BCUT2D eigenvalue weighted by Gasteiger charge is 2.27. The largest absolute Gasteiger partial charge is 0.396 e. The zero-order valence-corrected chi connectivity index (χ0v) is 12.6. The molecule has 1 saturated heterocycles. The second kappa shape index (κ2) is 9.75. The number of unbranched alkanes of at least 4 members (excludes halogenated alkanes) is 2. The number of carbonyl (C=O) groups excluding carboxylic acids is 2. The summed E-state index contributed by atoms with van der Waals surface area (Å²) in [6.45, 7) is 3.30. The van der Waals surface area contributed by atoms with Gasteiger partial charge in [0.1, 0.15) is 0 Å². The van der Waals surface area contributed by atoms with Gasteiger partial charge < -0.3 is 15.3 Å². The minimum absolute atomic E-state index is 0.00451. The molecule has 1 heterocycles. The third-order valence-electron chi connectivity index (χ3n) is 3.83. The molecule has 2 N–H and O–H groups in total. The van der Waals surface area contributed by atoms with E-state index in [0.717, 1.165) is 51.5 Å². The Balaban J connectivity index is 2.13. The third kappa shape index (κ3) is 6.37. The predicted octanol–water partition coefficient (Wildman–Crippen LogP) is 1.45. The molecule has 1 rings (SSSR count). The topological polar surface area (TPSA) is 69.6 Å². The van der Waals surface area contributed by atoms with Crippen LogP contribution in [0.5, 0.6) is 0 Å². The fourth-order valence-electron chi connectivity index (χ4n) is 2.78. The van der Waals surface area contributed by atoms with E-state index in [4.69, 9.17) is 5.11 Å². The summed E-state index contributed by atoms with van der Waals surface area (Å²) in [6, 6.07) is 0.342. The van der Waals surface area contributed by atoms with Gasteiger partial charge in [-0.3, -0.25) is 9.59 Å². The Morgan fingerprint density at radius 3 is 2.75 bits per heavy atom. The predicted molar refractivity (Wildman–Crippen MR) is 78.2 cm³/mol. The number of amides is 2. The second-order valence-corrected chi connectivity index (χ2v) is 5.54. The second-order valence-electron chi connectivity index (χ2n) is 5.54. The van der Waals surface area contributed by atoms with E-state index in [-0.39, 0.29) is 18.4 Å². The molecule has 0 saturated carbocycles. The lowest BCUT2D eigenvalue weighted by Crippen LogP contribution is -2.35. The van der Waals surface area contributed by atoms with Crippen LogP contribution in [0.3, 0.4) is 0 Å². The van der Waals surface area contributed by atoms with Crippen LogP contribution < -0.4 is 5.32 Å². The number of likely N-dealkylation sites (tertiary alicyclic amines) is 1. The molecular formula is C15H28N2O3. The van der Waals surface area contributed by atoms with E-state index in [0.29, 0.717) is 19.0 Å². The lowest BCUT2D eigenvalue weighted by atomic mass is 10.1. The Bertz CT molecular complexity index is 307. The van der Waals surface area contributed by atoms with Gasteiger partial charge in [0, 0.05) is 39.1 Å². The van der Waals surface area contributed by atoms with Crippen molar-refractivity contribution in [1.82, 2.24) is 10.2 Å². The maximum Gasteiger partial charge on any atom is 0.222 e. The van der Waals surface area contributed by atoms with E-state index in [1.165, 1.54) is 6.92 Å². The fourth-order valence-corrected chi connectivity index (χ4v) is 2.78. The molecule has 20 heavy (non-hydrogen) atoms. The van der Waals surface area contributed by atoms with Crippen LogP contribution in [0.25, 0.3) is 0 Å². The first-order valence-electron chi connectivity index (χ1n) is 7.80. The Kier molecular flexibility index (Phi) is 8.26. The maximum absolute atomic E-state index is 12.2. The molecule has 0 aromatic carbocycles. The number of rotatable bonds is 9. The van der Waals surface area contributed by atoms with E-state index in [9.17, 15) is 9.59 Å². The third-order valence-corrected chi connectivity index (χ3v) is 3.83. The van der Waals surface area contributed by atoms with Gasteiger partial charge in [-0.15, -0.1) is 0 Å². The summed E-state index contributed by atoms with van der Waals surface area (Å²) in [4.78, 5) is 24.8. The minimum Gasteiger partial charge on any atom is -0.396 e. The van der Waals surface area contributed by atoms with Gasteiger partial charge in [-0.05, 0) is 38.5 Å². The highest BCUT2D eigenvalue weighted by Crippen LogP contribution is 2.22. The van der Waals surface area contributed by atoms with E-state index in [2.05, 4.69) is 5.32 Å². The zero-order chi connectivity index (χ0) is 14.8. The van der Waals surface area contributed by atoms with Gasteiger partial charge in [-0.25, -0.2) is 0 Å². The van der Waals surface area contributed by atoms with E-state index in [1.54, 1.807) is 0 Å². The molecule has 5 nitrogen and oxygen atoms in total.